The Bertz CT molecular complexity index is 1130. The first-order chi connectivity index (χ1) is 15.0. The van der Waals surface area contributed by atoms with E-state index in [1.165, 1.54) is 0 Å². The lowest BCUT2D eigenvalue weighted by molar-refractivity contribution is -0.117. The summed E-state index contributed by atoms with van der Waals surface area (Å²) in [5.41, 5.74) is 3.38. The second-order valence-corrected chi connectivity index (χ2v) is 8.29. The summed E-state index contributed by atoms with van der Waals surface area (Å²) in [5, 5.41) is 11.9. The number of amides is 1. The molecule has 0 saturated heterocycles. The van der Waals surface area contributed by atoms with Gasteiger partial charge >= 0.3 is 0 Å². The predicted octanol–water partition coefficient (Wildman–Crippen LogP) is 3.58. The van der Waals surface area contributed by atoms with Gasteiger partial charge in [-0.05, 0) is 43.6 Å². The molecule has 0 aromatic carbocycles. The summed E-state index contributed by atoms with van der Waals surface area (Å²) in [4.78, 5) is 17.0. The second-order valence-electron chi connectivity index (χ2n) is 7.43. The zero-order valence-electron chi connectivity index (χ0n) is 17.0. The van der Waals surface area contributed by atoms with Crippen molar-refractivity contribution in [2.75, 3.05) is 18.4 Å². The van der Waals surface area contributed by atoms with Gasteiger partial charge in [-0.15, -0.1) is 0 Å². The van der Waals surface area contributed by atoms with Crippen molar-refractivity contribution < 1.29 is 4.79 Å². The summed E-state index contributed by atoms with van der Waals surface area (Å²) in [7, 11) is 6.06. The molecular formula is C22H22BCl2N5O. The molecule has 0 bridgehead atoms. The Hall–Kier alpha value is -2.51. The van der Waals surface area contributed by atoms with Crippen LogP contribution in [0, 0.1) is 0 Å². The lowest BCUT2D eigenvalue weighted by Crippen LogP contribution is -2.28. The van der Waals surface area contributed by atoms with Gasteiger partial charge in [0.2, 0.25) is 5.91 Å². The Morgan fingerprint density at radius 2 is 1.97 bits per heavy atom. The zero-order chi connectivity index (χ0) is 21.8. The molecule has 0 spiro atoms. The predicted molar refractivity (Wildman–Crippen MR) is 127 cm³/mol. The van der Waals surface area contributed by atoms with Crippen molar-refractivity contribution in [3.8, 4) is 0 Å². The molecular weight excluding hydrogens is 432 g/mol. The van der Waals surface area contributed by atoms with Crippen molar-refractivity contribution in [2.45, 2.75) is 32.1 Å². The first-order valence-electron chi connectivity index (χ1n) is 10.3. The molecule has 31 heavy (non-hydrogen) atoms. The van der Waals surface area contributed by atoms with Gasteiger partial charge in [-0.25, -0.2) is 4.98 Å². The highest BCUT2D eigenvalue weighted by atomic mass is 35.5. The number of hydrogen-bond acceptors (Lipinski definition) is 4. The third-order valence-corrected chi connectivity index (χ3v) is 5.96. The number of halogens is 2. The summed E-state index contributed by atoms with van der Waals surface area (Å²) < 4.78 is 1.68. The Labute approximate surface area is 192 Å². The Morgan fingerprint density at radius 1 is 1.16 bits per heavy atom. The lowest BCUT2D eigenvalue weighted by Gasteiger charge is -2.15. The minimum Gasteiger partial charge on any atom is -0.370 e. The number of nitrogens with one attached hydrogen (secondary N) is 2. The van der Waals surface area contributed by atoms with E-state index in [1.807, 2.05) is 18.2 Å². The minimum atomic E-state index is -0.103. The fourth-order valence-corrected chi connectivity index (χ4v) is 4.11. The summed E-state index contributed by atoms with van der Waals surface area (Å²) in [6.45, 7) is 1.17. The lowest BCUT2D eigenvalue weighted by atomic mass is 10.00. The number of aromatic nitrogens is 3. The first kappa shape index (κ1) is 21.7. The summed E-state index contributed by atoms with van der Waals surface area (Å²) in [5.74, 6) is 0.663. The van der Waals surface area contributed by atoms with Gasteiger partial charge in [0.25, 0.3) is 0 Å². The van der Waals surface area contributed by atoms with E-state index >= 15 is 0 Å². The molecule has 2 aromatic heterocycles. The van der Waals surface area contributed by atoms with Crippen LogP contribution in [0.15, 0.2) is 52.2 Å². The molecule has 4 rings (SSSR count). The number of rotatable bonds is 7. The van der Waals surface area contributed by atoms with Crippen molar-refractivity contribution in [3.05, 3.63) is 57.9 Å². The van der Waals surface area contributed by atoms with Crippen molar-refractivity contribution >= 4 is 59.5 Å². The molecule has 158 valence electrons. The number of carbonyl (C=O) groups excluding carboxylic acids is 1. The van der Waals surface area contributed by atoms with E-state index in [1.54, 1.807) is 16.8 Å². The van der Waals surface area contributed by atoms with Crippen molar-refractivity contribution in [1.82, 2.24) is 19.9 Å². The molecule has 2 aliphatic rings. The largest absolute Gasteiger partial charge is 0.370 e. The van der Waals surface area contributed by atoms with Crippen LogP contribution in [0.5, 0.6) is 0 Å². The first-order valence-corrected chi connectivity index (χ1v) is 11.1. The fourth-order valence-electron chi connectivity index (χ4n) is 3.57. The maximum atomic E-state index is 12.3. The quantitative estimate of drug-likeness (QED) is 0.496. The number of fused-ring (bicyclic) bond motifs is 1. The van der Waals surface area contributed by atoms with Crippen LogP contribution in [0.1, 0.15) is 37.8 Å². The zero-order valence-corrected chi connectivity index (χ0v) is 18.5. The van der Waals surface area contributed by atoms with Crippen molar-refractivity contribution in [2.24, 2.45) is 0 Å². The van der Waals surface area contributed by atoms with E-state index in [0.29, 0.717) is 41.2 Å². The van der Waals surface area contributed by atoms with Crippen molar-refractivity contribution in [3.63, 3.8) is 0 Å². The maximum absolute atomic E-state index is 12.3. The van der Waals surface area contributed by atoms with Crippen molar-refractivity contribution in [1.29, 1.82) is 0 Å². The van der Waals surface area contributed by atoms with Crippen LogP contribution in [0.4, 0.5) is 5.82 Å². The molecule has 2 radical (unpaired) electrons. The minimum absolute atomic E-state index is 0.103. The van der Waals surface area contributed by atoms with Gasteiger partial charge in [-0.2, -0.15) is 9.61 Å². The van der Waals surface area contributed by atoms with Gasteiger partial charge in [0.1, 0.15) is 13.7 Å². The van der Waals surface area contributed by atoms with Crippen LogP contribution in [0.2, 0.25) is 0 Å². The summed E-state index contributed by atoms with van der Waals surface area (Å²) >= 11 is 12.6. The number of carbonyl (C=O) groups is 1. The average Bonchev–Trinajstić information content (AvgIpc) is 3.15. The van der Waals surface area contributed by atoms with Crippen LogP contribution in [0.3, 0.4) is 0 Å². The molecule has 0 aliphatic heterocycles. The van der Waals surface area contributed by atoms with Crippen LogP contribution in [-0.2, 0) is 4.79 Å². The number of allylic oxidation sites excluding steroid dienone is 7. The van der Waals surface area contributed by atoms with Gasteiger partial charge in [-0.3, -0.25) is 4.79 Å². The van der Waals surface area contributed by atoms with E-state index in [0.717, 1.165) is 47.8 Å². The SMILES string of the molecule is [B]c1cnn2c(NCCCNC(=O)C3=C(Cl)C=CCC3)cc(C3=C(Cl)CCC=C3)nc12. The van der Waals surface area contributed by atoms with Crippen LogP contribution >= 0.6 is 23.2 Å². The molecule has 6 nitrogen and oxygen atoms in total. The van der Waals surface area contributed by atoms with Crippen LogP contribution < -0.4 is 16.1 Å². The molecule has 2 N–H and O–H groups in total. The Morgan fingerprint density at radius 3 is 2.77 bits per heavy atom. The van der Waals surface area contributed by atoms with Gasteiger partial charge in [-0.1, -0.05) is 41.4 Å². The molecule has 0 unspecified atom stereocenters. The highest BCUT2D eigenvalue weighted by Gasteiger charge is 2.16. The van der Waals surface area contributed by atoms with Gasteiger partial charge in [0.15, 0.2) is 5.65 Å². The Kier molecular flexibility index (Phi) is 6.83. The molecule has 9 heteroatoms. The van der Waals surface area contributed by atoms with E-state index in [4.69, 9.17) is 31.0 Å². The molecule has 0 fully saturated rings. The van der Waals surface area contributed by atoms with E-state index in [-0.39, 0.29) is 5.91 Å². The molecule has 2 aromatic rings. The number of anilines is 1. The number of hydrogen-bond donors (Lipinski definition) is 2. The van der Waals surface area contributed by atoms with E-state index in [9.17, 15) is 4.79 Å². The highest BCUT2D eigenvalue weighted by molar-refractivity contribution is 6.36. The molecule has 1 amide bonds. The smallest absolute Gasteiger partial charge is 0.248 e. The molecule has 2 heterocycles. The number of nitrogens with zero attached hydrogens (tertiary/aromatic N) is 3. The molecule has 0 saturated carbocycles. The van der Waals surface area contributed by atoms with E-state index < -0.39 is 0 Å². The fraction of sp³-hybridized carbons (Fsp3) is 0.318. The third-order valence-electron chi connectivity index (χ3n) is 5.22. The molecule has 2 aliphatic carbocycles. The standard InChI is InChI=1S/C22H22BCl2N5O/c23-16-13-28-30-20(12-19(29-21(16)30)14-6-1-3-8-17(14)24)26-10-5-11-27-22(31)15-7-2-4-9-18(15)25/h1,4,6,9,12-13,26H,2-3,5,7-8,10-11H2,(H,27,31). The topological polar surface area (TPSA) is 71.3 Å². The summed E-state index contributed by atoms with van der Waals surface area (Å²) in [6, 6.07) is 1.92. The maximum Gasteiger partial charge on any atom is 0.248 e. The van der Waals surface area contributed by atoms with Gasteiger partial charge in [0, 0.05) is 46.6 Å². The highest BCUT2D eigenvalue weighted by Crippen LogP contribution is 2.30. The van der Waals surface area contributed by atoms with Crippen LogP contribution in [0.25, 0.3) is 11.2 Å². The van der Waals surface area contributed by atoms with Gasteiger partial charge < -0.3 is 10.6 Å². The molecule has 0 atom stereocenters. The van der Waals surface area contributed by atoms with E-state index in [2.05, 4.69) is 26.8 Å². The average molecular weight is 454 g/mol. The van der Waals surface area contributed by atoms with Gasteiger partial charge in [0.05, 0.1) is 5.69 Å². The second kappa shape index (κ2) is 9.75. The third kappa shape index (κ3) is 4.88. The summed E-state index contributed by atoms with van der Waals surface area (Å²) in [6.07, 6.45) is 13.4. The van der Waals surface area contributed by atoms with Crippen LogP contribution in [-0.4, -0.2) is 41.4 Å². The normalized spacial score (nSPS) is 16.3. The Balaban J connectivity index is 1.42. The monoisotopic (exact) mass is 453 g/mol.